The number of hydrogen-bond donors (Lipinski definition) is 0. The Morgan fingerprint density at radius 1 is 1.64 bits per heavy atom. The Kier molecular flexibility index (Phi) is 2.81. The van der Waals surface area contributed by atoms with Crippen LogP contribution in [0.1, 0.15) is 27.2 Å². The first-order chi connectivity index (χ1) is 5.08. The van der Waals surface area contributed by atoms with Gasteiger partial charge in [-0.3, -0.25) is 0 Å². The molecule has 0 bridgehead atoms. The van der Waals surface area contributed by atoms with Crippen LogP contribution in [0.15, 0.2) is 0 Å². The van der Waals surface area contributed by atoms with E-state index in [0.717, 1.165) is 17.3 Å². The molecular formula is C8H15NS2. The van der Waals surface area contributed by atoms with Gasteiger partial charge < -0.3 is 4.90 Å². The van der Waals surface area contributed by atoms with Gasteiger partial charge in [0.05, 0.1) is 0 Å². The monoisotopic (exact) mass is 189 g/mol. The Hall–Kier alpha value is 0.240. The largest absolute Gasteiger partial charge is 0.352 e. The number of thiocarbonyl (C=S) groups is 1. The van der Waals surface area contributed by atoms with Crippen LogP contribution in [0.5, 0.6) is 0 Å². The van der Waals surface area contributed by atoms with Crippen molar-refractivity contribution in [3.05, 3.63) is 0 Å². The Labute approximate surface area is 78.5 Å². The first kappa shape index (κ1) is 9.33. The van der Waals surface area contributed by atoms with Crippen molar-refractivity contribution in [3.8, 4) is 0 Å². The number of rotatable bonds is 2. The zero-order chi connectivity index (χ0) is 8.48. The molecular weight excluding hydrogens is 174 g/mol. The summed E-state index contributed by atoms with van der Waals surface area (Å²) in [5.41, 5.74) is 0.264. The predicted octanol–water partition coefficient (Wildman–Crippen LogP) is 2.51. The average Bonchev–Trinajstić information content (AvgIpc) is 2.36. The molecule has 0 N–H and O–H groups in total. The van der Waals surface area contributed by atoms with Crippen LogP contribution in [0.3, 0.4) is 0 Å². The van der Waals surface area contributed by atoms with Crippen LogP contribution in [0.25, 0.3) is 0 Å². The minimum absolute atomic E-state index is 0.264. The standard InChI is InChI=1S/C8H15NS2/c1-4-8(2,3)9-5-6-11-7(9)10/h4-6H2,1-3H3. The summed E-state index contributed by atoms with van der Waals surface area (Å²) in [5, 5.41) is 0. The van der Waals surface area contributed by atoms with Crippen molar-refractivity contribution in [3.63, 3.8) is 0 Å². The summed E-state index contributed by atoms with van der Waals surface area (Å²) in [6.07, 6.45) is 1.16. The minimum atomic E-state index is 0.264. The van der Waals surface area contributed by atoms with Gasteiger partial charge in [-0.05, 0) is 20.3 Å². The Morgan fingerprint density at radius 2 is 2.27 bits per heavy atom. The van der Waals surface area contributed by atoms with Crippen molar-refractivity contribution < 1.29 is 0 Å². The minimum Gasteiger partial charge on any atom is -0.352 e. The van der Waals surface area contributed by atoms with E-state index in [9.17, 15) is 0 Å². The molecule has 1 heterocycles. The second-order valence-electron chi connectivity index (χ2n) is 3.43. The Bertz CT molecular complexity index is 165. The van der Waals surface area contributed by atoms with Gasteiger partial charge in [0, 0.05) is 17.8 Å². The van der Waals surface area contributed by atoms with E-state index in [4.69, 9.17) is 12.2 Å². The van der Waals surface area contributed by atoms with E-state index in [2.05, 4.69) is 25.7 Å². The van der Waals surface area contributed by atoms with E-state index >= 15 is 0 Å². The molecule has 0 aromatic rings. The number of nitrogens with zero attached hydrogens (tertiary/aromatic N) is 1. The van der Waals surface area contributed by atoms with Crippen molar-refractivity contribution in [2.24, 2.45) is 0 Å². The van der Waals surface area contributed by atoms with Gasteiger partial charge in [-0.15, -0.1) is 0 Å². The van der Waals surface area contributed by atoms with E-state index in [1.165, 1.54) is 5.75 Å². The lowest BCUT2D eigenvalue weighted by Crippen LogP contribution is -2.43. The van der Waals surface area contributed by atoms with Crippen LogP contribution in [0.2, 0.25) is 0 Å². The Morgan fingerprint density at radius 3 is 2.64 bits per heavy atom. The third-order valence-electron chi connectivity index (χ3n) is 2.36. The molecule has 0 unspecified atom stereocenters. The summed E-state index contributed by atoms with van der Waals surface area (Å²) >= 11 is 7.05. The van der Waals surface area contributed by atoms with Crippen LogP contribution < -0.4 is 0 Å². The zero-order valence-corrected chi connectivity index (χ0v) is 9.02. The quantitative estimate of drug-likeness (QED) is 0.615. The van der Waals surface area contributed by atoms with Crippen LogP contribution in [0, 0.1) is 0 Å². The molecule has 0 aromatic heterocycles. The molecule has 1 fully saturated rings. The zero-order valence-electron chi connectivity index (χ0n) is 7.39. The highest BCUT2D eigenvalue weighted by Gasteiger charge is 2.30. The van der Waals surface area contributed by atoms with Gasteiger partial charge in [0.1, 0.15) is 4.32 Å². The van der Waals surface area contributed by atoms with Crippen LogP contribution in [0.4, 0.5) is 0 Å². The molecule has 64 valence electrons. The number of thioether (sulfide) groups is 1. The molecule has 1 rings (SSSR count). The summed E-state index contributed by atoms with van der Waals surface area (Å²) in [5.74, 6) is 1.17. The van der Waals surface area contributed by atoms with Crippen LogP contribution in [-0.4, -0.2) is 27.1 Å². The molecule has 0 spiro atoms. The second-order valence-corrected chi connectivity index (χ2v) is 5.16. The van der Waals surface area contributed by atoms with E-state index in [-0.39, 0.29) is 5.54 Å². The maximum atomic E-state index is 5.24. The van der Waals surface area contributed by atoms with Gasteiger partial charge in [0.15, 0.2) is 0 Å². The molecule has 1 aliphatic rings. The first-order valence-electron chi connectivity index (χ1n) is 4.02. The molecule has 0 aromatic carbocycles. The van der Waals surface area contributed by atoms with Gasteiger partial charge >= 0.3 is 0 Å². The molecule has 0 atom stereocenters. The third kappa shape index (κ3) is 1.88. The fourth-order valence-electron chi connectivity index (χ4n) is 1.13. The highest BCUT2D eigenvalue weighted by molar-refractivity contribution is 8.23. The molecule has 1 aliphatic heterocycles. The second kappa shape index (κ2) is 3.31. The smallest absolute Gasteiger partial charge is 0.136 e. The van der Waals surface area contributed by atoms with Crippen molar-refractivity contribution in [2.45, 2.75) is 32.7 Å². The summed E-state index contributed by atoms with van der Waals surface area (Å²) < 4.78 is 1.08. The van der Waals surface area contributed by atoms with Crippen molar-refractivity contribution in [1.29, 1.82) is 0 Å². The fourth-order valence-corrected chi connectivity index (χ4v) is 2.67. The number of hydrogen-bond acceptors (Lipinski definition) is 2. The summed E-state index contributed by atoms with van der Waals surface area (Å²) in [6, 6.07) is 0. The summed E-state index contributed by atoms with van der Waals surface area (Å²) in [6.45, 7) is 7.85. The van der Waals surface area contributed by atoms with Gasteiger partial charge in [-0.1, -0.05) is 30.9 Å². The SMILES string of the molecule is CCC(C)(C)N1CCSC1=S. The summed E-state index contributed by atoms with van der Waals surface area (Å²) in [7, 11) is 0. The Balaban J connectivity index is 2.65. The molecule has 1 nitrogen and oxygen atoms in total. The molecule has 0 saturated carbocycles. The normalized spacial score (nSPS) is 19.5. The summed E-state index contributed by atoms with van der Waals surface area (Å²) in [4.78, 5) is 2.34. The fraction of sp³-hybridized carbons (Fsp3) is 0.875. The molecule has 0 radical (unpaired) electrons. The predicted molar refractivity (Wildman–Crippen MR) is 56.1 cm³/mol. The van der Waals surface area contributed by atoms with Gasteiger partial charge in [0.25, 0.3) is 0 Å². The lowest BCUT2D eigenvalue weighted by molar-refractivity contribution is 0.230. The van der Waals surface area contributed by atoms with E-state index in [1.54, 1.807) is 11.8 Å². The first-order valence-corrected chi connectivity index (χ1v) is 5.41. The van der Waals surface area contributed by atoms with E-state index in [0.29, 0.717) is 0 Å². The van der Waals surface area contributed by atoms with Crippen molar-refractivity contribution in [2.75, 3.05) is 12.3 Å². The van der Waals surface area contributed by atoms with Gasteiger partial charge in [0.2, 0.25) is 0 Å². The lowest BCUT2D eigenvalue weighted by Gasteiger charge is -2.35. The highest BCUT2D eigenvalue weighted by Crippen LogP contribution is 2.28. The molecule has 0 amide bonds. The van der Waals surface area contributed by atoms with Gasteiger partial charge in [-0.25, -0.2) is 0 Å². The van der Waals surface area contributed by atoms with Crippen LogP contribution >= 0.6 is 24.0 Å². The van der Waals surface area contributed by atoms with Crippen molar-refractivity contribution in [1.82, 2.24) is 4.90 Å². The topological polar surface area (TPSA) is 3.24 Å². The van der Waals surface area contributed by atoms with E-state index in [1.807, 2.05) is 0 Å². The lowest BCUT2D eigenvalue weighted by atomic mass is 10.0. The highest BCUT2D eigenvalue weighted by atomic mass is 32.2. The van der Waals surface area contributed by atoms with E-state index < -0.39 is 0 Å². The third-order valence-corrected chi connectivity index (χ3v) is 3.78. The van der Waals surface area contributed by atoms with Crippen molar-refractivity contribution >= 4 is 28.3 Å². The molecule has 1 saturated heterocycles. The van der Waals surface area contributed by atoms with Crippen LogP contribution in [-0.2, 0) is 0 Å². The molecule has 0 aliphatic carbocycles. The average molecular weight is 189 g/mol. The molecule has 3 heteroatoms. The molecule has 11 heavy (non-hydrogen) atoms. The maximum absolute atomic E-state index is 5.24. The maximum Gasteiger partial charge on any atom is 0.136 e. The van der Waals surface area contributed by atoms with Gasteiger partial charge in [-0.2, -0.15) is 0 Å².